The Morgan fingerprint density at radius 3 is 2.57 bits per heavy atom. The molecule has 0 heterocycles. The maximum atomic E-state index is 11.8. The van der Waals surface area contributed by atoms with Crippen molar-refractivity contribution < 1.29 is 9.53 Å². The number of hydrogen-bond acceptors (Lipinski definition) is 2. The second kappa shape index (κ2) is 10.0. The summed E-state index contributed by atoms with van der Waals surface area (Å²) < 4.78 is 5.10. The molecule has 1 atom stereocenters. The van der Waals surface area contributed by atoms with E-state index < -0.39 is 0 Å². The van der Waals surface area contributed by atoms with E-state index >= 15 is 0 Å². The van der Waals surface area contributed by atoms with Gasteiger partial charge in [0.1, 0.15) is 5.75 Å². The molecule has 0 saturated carbocycles. The van der Waals surface area contributed by atoms with Gasteiger partial charge >= 0.3 is 0 Å². The second-order valence-electron chi connectivity index (χ2n) is 5.27. The van der Waals surface area contributed by atoms with Gasteiger partial charge in [-0.05, 0) is 36.1 Å². The van der Waals surface area contributed by atoms with Crippen molar-refractivity contribution in [1.29, 1.82) is 0 Å². The number of hydrogen-bond donors (Lipinski definition) is 1. The van der Waals surface area contributed by atoms with Gasteiger partial charge < -0.3 is 10.1 Å². The first-order valence-electron chi connectivity index (χ1n) is 7.79. The van der Waals surface area contributed by atoms with E-state index in [0.717, 1.165) is 24.3 Å². The van der Waals surface area contributed by atoms with E-state index in [9.17, 15) is 4.79 Å². The van der Waals surface area contributed by atoms with E-state index in [2.05, 4.69) is 19.2 Å². The fourth-order valence-electron chi connectivity index (χ4n) is 2.13. The lowest BCUT2D eigenvalue weighted by atomic mass is 9.99. The van der Waals surface area contributed by atoms with E-state index in [1.165, 1.54) is 19.3 Å². The van der Waals surface area contributed by atoms with Gasteiger partial charge in [0.2, 0.25) is 5.91 Å². The van der Waals surface area contributed by atoms with Gasteiger partial charge in [0.15, 0.2) is 0 Å². The summed E-state index contributed by atoms with van der Waals surface area (Å²) in [5.41, 5.74) is 0.990. The van der Waals surface area contributed by atoms with Crippen LogP contribution in [-0.4, -0.2) is 19.6 Å². The quantitative estimate of drug-likeness (QED) is 0.697. The Bertz CT molecular complexity index is 437. The fraction of sp³-hybridized carbons (Fsp3) is 0.500. The molecule has 0 aliphatic heterocycles. The highest BCUT2D eigenvalue weighted by molar-refractivity contribution is 5.91. The molecule has 1 rings (SSSR count). The van der Waals surface area contributed by atoms with Crippen molar-refractivity contribution >= 4 is 12.0 Å². The van der Waals surface area contributed by atoms with Crippen LogP contribution in [0.4, 0.5) is 0 Å². The number of amides is 1. The van der Waals surface area contributed by atoms with E-state index in [1.54, 1.807) is 13.2 Å². The number of rotatable bonds is 9. The largest absolute Gasteiger partial charge is 0.497 e. The monoisotopic (exact) mass is 289 g/mol. The summed E-state index contributed by atoms with van der Waals surface area (Å²) in [6.07, 6.45) is 8.16. The number of carbonyl (C=O) groups excluding carboxylic acids is 1. The molecular weight excluding hydrogens is 262 g/mol. The summed E-state index contributed by atoms with van der Waals surface area (Å²) >= 11 is 0. The molecule has 1 amide bonds. The van der Waals surface area contributed by atoms with Gasteiger partial charge in [-0.15, -0.1) is 0 Å². The van der Waals surface area contributed by atoms with Crippen molar-refractivity contribution in [2.75, 3.05) is 13.7 Å². The molecule has 1 N–H and O–H groups in total. The van der Waals surface area contributed by atoms with Gasteiger partial charge in [-0.3, -0.25) is 4.79 Å². The second-order valence-corrected chi connectivity index (χ2v) is 5.27. The lowest BCUT2D eigenvalue weighted by molar-refractivity contribution is -0.116. The fourth-order valence-corrected chi connectivity index (χ4v) is 2.13. The minimum atomic E-state index is -0.0271. The van der Waals surface area contributed by atoms with Crippen molar-refractivity contribution in [2.45, 2.75) is 39.5 Å². The van der Waals surface area contributed by atoms with Gasteiger partial charge in [-0.2, -0.15) is 0 Å². The summed E-state index contributed by atoms with van der Waals surface area (Å²) in [7, 11) is 1.64. The predicted octanol–water partition coefficient (Wildman–Crippen LogP) is 4.04. The van der Waals surface area contributed by atoms with Crippen LogP contribution in [0.15, 0.2) is 30.3 Å². The maximum Gasteiger partial charge on any atom is 0.244 e. The normalized spacial score (nSPS) is 12.3. The van der Waals surface area contributed by atoms with Gasteiger partial charge in [-0.25, -0.2) is 0 Å². The van der Waals surface area contributed by atoms with Gasteiger partial charge in [-0.1, -0.05) is 45.2 Å². The summed E-state index contributed by atoms with van der Waals surface area (Å²) in [6, 6.07) is 7.63. The molecule has 1 unspecified atom stereocenters. The first-order valence-corrected chi connectivity index (χ1v) is 7.79. The molecule has 0 fully saturated rings. The van der Waals surface area contributed by atoms with Crippen LogP contribution in [0.1, 0.15) is 45.1 Å². The third-order valence-electron chi connectivity index (χ3n) is 3.65. The van der Waals surface area contributed by atoms with Crippen molar-refractivity contribution in [3.63, 3.8) is 0 Å². The Balaban J connectivity index is 2.39. The van der Waals surface area contributed by atoms with Crippen LogP contribution in [0.3, 0.4) is 0 Å². The summed E-state index contributed by atoms with van der Waals surface area (Å²) in [5.74, 6) is 1.38. The lowest BCUT2D eigenvalue weighted by Gasteiger charge is -2.14. The highest BCUT2D eigenvalue weighted by atomic mass is 16.5. The third-order valence-corrected chi connectivity index (χ3v) is 3.65. The average molecular weight is 289 g/mol. The number of ether oxygens (including phenoxy) is 1. The maximum absolute atomic E-state index is 11.8. The van der Waals surface area contributed by atoms with Gasteiger partial charge in [0.25, 0.3) is 0 Å². The molecule has 3 nitrogen and oxygen atoms in total. The molecule has 0 aromatic heterocycles. The topological polar surface area (TPSA) is 38.3 Å². The van der Waals surface area contributed by atoms with E-state index in [4.69, 9.17) is 4.74 Å². The zero-order valence-electron chi connectivity index (χ0n) is 13.4. The first-order chi connectivity index (χ1) is 10.2. The van der Waals surface area contributed by atoms with Crippen LogP contribution >= 0.6 is 0 Å². The highest BCUT2D eigenvalue weighted by Crippen LogP contribution is 2.13. The van der Waals surface area contributed by atoms with E-state index in [1.807, 2.05) is 30.3 Å². The Kier molecular flexibility index (Phi) is 8.25. The molecule has 0 saturated heterocycles. The molecule has 0 bridgehead atoms. The number of nitrogens with one attached hydrogen (secondary N) is 1. The SMILES string of the molecule is CCCCC(CC)CNC(=O)/C=C/c1ccc(OC)cc1. The molecule has 21 heavy (non-hydrogen) atoms. The standard InChI is InChI=1S/C18H27NO2/c1-4-6-7-15(5-2)14-19-18(20)13-10-16-8-11-17(21-3)12-9-16/h8-13,15H,4-7,14H2,1-3H3,(H,19,20)/b13-10+. The van der Waals surface area contributed by atoms with Crippen molar-refractivity contribution in [2.24, 2.45) is 5.92 Å². The van der Waals surface area contributed by atoms with Crippen LogP contribution in [0.5, 0.6) is 5.75 Å². The smallest absolute Gasteiger partial charge is 0.244 e. The highest BCUT2D eigenvalue weighted by Gasteiger charge is 2.06. The average Bonchev–Trinajstić information content (AvgIpc) is 2.53. The van der Waals surface area contributed by atoms with Gasteiger partial charge in [0.05, 0.1) is 7.11 Å². The Hall–Kier alpha value is -1.77. The van der Waals surface area contributed by atoms with E-state index in [-0.39, 0.29) is 5.91 Å². The Labute approximate surface area is 128 Å². The molecule has 0 aliphatic rings. The number of carbonyl (C=O) groups is 1. The van der Waals surface area contributed by atoms with Crippen molar-refractivity contribution in [1.82, 2.24) is 5.32 Å². The van der Waals surface area contributed by atoms with Crippen LogP contribution in [-0.2, 0) is 4.79 Å². The third kappa shape index (κ3) is 6.98. The first kappa shape index (κ1) is 17.3. The summed E-state index contributed by atoms with van der Waals surface area (Å²) in [5, 5.41) is 2.98. The molecular formula is C18H27NO2. The number of unbranched alkanes of at least 4 members (excludes halogenated alkanes) is 1. The van der Waals surface area contributed by atoms with Crippen LogP contribution < -0.4 is 10.1 Å². The number of methoxy groups -OCH3 is 1. The molecule has 0 aliphatic carbocycles. The zero-order valence-corrected chi connectivity index (χ0v) is 13.4. The van der Waals surface area contributed by atoms with Gasteiger partial charge in [0, 0.05) is 12.6 Å². The predicted molar refractivity (Wildman–Crippen MR) is 88.3 cm³/mol. The van der Waals surface area contributed by atoms with Crippen LogP contribution in [0.2, 0.25) is 0 Å². The Morgan fingerprint density at radius 1 is 1.29 bits per heavy atom. The van der Waals surface area contributed by atoms with Crippen molar-refractivity contribution in [3.8, 4) is 5.75 Å². The van der Waals surface area contributed by atoms with Crippen LogP contribution in [0, 0.1) is 5.92 Å². The molecule has 1 aromatic rings. The van der Waals surface area contributed by atoms with E-state index in [0.29, 0.717) is 5.92 Å². The van der Waals surface area contributed by atoms with Crippen molar-refractivity contribution in [3.05, 3.63) is 35.9 Å². The zero-order chi connectivity index (χ0) is 15.5. The van der Waals surface area contributed by atoms with Crippen LogP contribution in [0.25, 0.3) is 6.08 Å². The molecule has 3 heteroatoms. The molecule has 0 radical (unpaired) electrons. The minimum absolute atomic E-state index is 0.0271. The summed E-state index contributed by atoms with van der Waals surface area (Å²) in [6.45, 7) is 5.14. The molecule has 1 aromatic carbocycles. The minimum Gasteiger partial charge on any atom is -0.497 e. The number of benzene rings is 1. The lowest BCUT2D eigenvalue weighted by Crippen LogP contribution is -2.27. The molecule has 0 spiro atoms. The summed E-state index contributed by atoms with van der Waals surface area (Å²) in [4.78, 5) is 11.8. The Morgan fingerprint density at radius 2 is 2.00 bits per heavy atom. The molecule has 116 valence electrons.